The lowest BCUT2D eigenvalue weighted by Gasteiger charge is -2.26. The zero-order valence-corrected chi connectivity index (χ0v) is 15.0. The third kappa shape index (κ3) is 5.53. The lowest BCUT2D eigenvalue weighted by atomic mass is 9.83. The minimum Gasteiger partial charge on any atom is -0.493 e. The lowest BCUT2D eigenvalue weighted by molar-refractivity contribution is -0.144. The molecular formula is C18H27NO5. The molecule has 0 aliphatic carbocycles. The number of rotatable bonds is 9. The fraction of sp³-hybridized carbons (Fsp3) is 0.556. The maximum atomic E-state index is 12.5. The molecule has 6 heteroatoms. The molecule has 0 aromatic heterocycles. The Labute approximate surface area is 143 Å². The molecule has 24 heavy (non-hydrogen) atoms. The van der Waals surface area contributed by atoms with Crippen LogP contribution in [0, 0.1) is 5.92 Å². The van der Waals surface area contributed by atoms with Gasteiger partial charge in [-0.25, -0.2) is 4.79 Å². The second-order valence-electron chi connectivity index (χ2n) is 6.67. The third-order valence-electron chi connectivity index (χ3n) is 3.66. The fourth-order valence-corrected chi connectivity index (χ4v) is 2.04. The number of carboxylic acids is 1. The van der Waals surface area contributed by atoms with E-state index in [-0.39, 0.29) is 12.5 Å². The summed E-state index contributed by atoms with van der Waals surface area (Å²) in [6, 6.07) is 6.20. The Bertz CT molecular complexity index is 551. The number of aliphatic carboxylic acids is 1. The first-order valence-electron chi connectivity index (χ1n) is 7.94. The molecule has 1 aromatic carbocycles. The van der Waals surface area contributed by atoms with Gasteiger partial charge in [-0.1, -0.05) is 26.0 Å². The molecule has 1 aromatic rings. The lowest BCUT2D eigenvalue weighted by Crippen LogP contribution is -2.50. The van der Waals surface area contributed by atoms with E-state index in [1.807, 2.05) is 24.3 Å². The summed E-state index contributed by atoms with van der Waals surface area (Å²) in [4.78, 5) is 23.6. The molecule has 0 aliphatic rings. The molecule has 0 saturated heterocycles. The van der Waals surface area contributed by atoms with Crippen molar-refractivity contribution in [1.82, 2.24) is 5.32 Å². The van der Waals surface area contributed by atoms with Crippen molar-refractivity contribution in [2.24, 2.45) is 5.92 Å². The van der Waals surface area contributed by atoms with Crippen LogP contribution in [0.25, 0.3) is 0 Å². The van der Waals surface area contributed by atoms with Gasteiger partial charge in [0.1, 0.15) is 5.75 Å². The average Bonchev–Trinajstić information content (AvgIpc) is 2.52. The van der Waals surface area contributed by atoms with Crippen LogP contribution < -0.4 is 10.1 Å². The van der Waals surface area contributed by atoms with Gasteiger partial charge in [0.15, 0.2) is 6.04 Å². The minimum atomic E-state index is -1.13. The number of methoxy groups -OCH3 is 1. The second-order valence-corrected chi connectivity index (χ2v) is 6.67. The van der Waals surface area contributed by atoms with E-state index >= 15 is 0 Å². The highest BCUT2D eigenvalue weighted by atomic mass is 16.5. The number of hydrogen-bond donors (Lipinski definition) is 2. The van der Waals surface area contributed by atoms with Crippen molar-refractivity contribution in [3.63, 3.8) is 0 Å². The molecule has 0 fully saturated rings. The number of benzene rings is 1. The summed E-state index contributed by atoms with van der Waals surface area (Å²) >= 11 is 0. The standard InChI is InChI=1S/C18H27NO5/c1-12(2)10-24-14-8-6-13(7-9-14)18(3,4)17(22)19-15(11-23-5)16(20)21/h6-9,12,15H,10-11H2,1-5H3,(H,19,22)(H,20,21). The van der Waals surface area contributed by atoms with Crippen LogP contribution in [-0.2, 0) is 19.7 Å². The number of nitrogens with one attached hydrogen (secondary N) is 1. The molecule has 0 saturated carbocycles. The van der Waals surface area contributed by atoms with E-state index in [4.69, 9.17) is 14.6 Å². The number of ether oxygens (including phenoxy) is 2. The number of hydrogen-bond acceptors (Lipinski definition) is 4. The van der Waals surface area contributed by atoms with Crippen LogP contribution in [0.5, 0.6) is 5.75 Å². The van der Waals surface area contributed by atoms with Crippen LogP contribution >= 0.6 is 0 Å². The monoisotopic (exact) mass is 337 g/mol. The predicted molar refractivity (Wildman–Crippen MR) is 91.2 cm³/mol. The highest BCUT2D eigenvalue weighted by Crippen LogP contribution is 2.26. The van der Waals surface area contributed by atoms with E-state index in [1.165, 1.54) is 7.11 Å². The summed E-state index contributed by atoms with van der Waals surface area (Å²) in [5, 5.41) is 11.6. The highest BCUT2D eigenvalue weighted by Gasteiger charge is 2.33. The normalized spacial score (nSPS) is 12.8. The first-order chi connectivity index (χ1) is 11.2. The van der Waals surface area contributed by atoms with E-state index in [1.54, 1.807) is 13.8 Å². The quantitative estimate of drug-likeness (QED) is 0.722. The van der Waals surface area contributed by atoms with Crippen LogP contribution in [0.3, 0.4) is 0 Å². The first-order valence-corrected chi connectivity index (χ1v) is 7.94. The zero-order chi connectivity index (χ0) is 18.3. The number of carboxylic acid groups (broad SMARTS) is 1. The van der Waals surface area contributed by atoms with Crippen molar-refractivity contribution < 1.29 is 24.2 Å². The number of amides is 1. The van der Waals surface area contributed by atoms with Gasteiger partial charge in [-0.15, -0.1) is 0 Å². The Kier molecular flexibility index (Phi) is 7.22. The number of carbonyl (C=O) groups is 2. The minimum absolute atomic E-state index is 0.0842. The molecule has 0 aliphatic heterocycles. The summed E-state index contributed by atoms with van der Waals surface area (Å²) < 4.78 is 10.5. The van der Waals surface area contributed by atoms with Crippen molar-refractivity contribution in [2.75, 3.05) is 20.3 Å². The van der Waals surface area contributed by atoms with Crippen LogP contribution in [0.4, 0.5) is 0 Å². The zero-order valence-electron chi connectivity index (χ0n) is 15.0. The van der Waals surface area contributed by atoms with Crippen LogP contribution in [0.15, 0.2) is 24.3 Å². The highest BCUT2D eigenvalue weighted by molar-refractivity contribution is 5.90. The van der Waals surface area contributed by atoms with Gasteiger partial charge in [0.2, 0.25) is 5.91 Å². The smallest absolute Gasteiger partial charge is 0.328 e. The molecule has 1 unspecified atom stereocenters. The molecular weight excluding hydrogens is 310 g/mol. The molecule has 0 bridgehead atoms. The van der Waals surface area contributed by atoms with Crippen LogP contribution in [0.2, 0.25) is 0 Å². The average molecular weight is 337 g/mol. The second kappa shape index (κ2) is 8.68. The summed E-state index contributed by atoms with van der Waals surface area (Å²) in [7, 11) is 1.39. The molecule has 0 spiro atoms. The van der Waals surface area contributed by atoms with Gasteiger partial charge in [0, 0.05) is 7.11 Å². The molecule has 1 atom stereocenters. The van der Waals surface area contributed by atoms with Crippen molar-refractivity contribution in [3.8, 4) is 5.75 Å². The molecule has 1 rings (SSSR count). The van der Waals surface area contributed by atoms with Crippen molar-refractivity contribution in [2.45, 2.75) is 39.2 Å². The van der Waals surface area contributed by atoms with Gasteiger partial charge >= 0.3 is 5.97 Å². The SMILES string of the molecule is COCC(NC(=O)C(C)(C)c1ccc(OCC(C)C)cc1)C(=O)O. The van der Waals surface area contributed by atoms with Crippen molar-refractivity contribution in [1.29, 1.82) is 0 Å². The molecule has 2 N–H and O–H groups in total. The van der Waals surface area contributed by atoms with Crippen molar-refractivity contribution in [3.05, 3.63) is 29.8 Å². The summed E-state index contributed by atoms with van der Waals surface area (Å²) in [5.74, 6) is -0.326. The van der Waals surface area contributed by atoms with Crippen LogP contribution in [0.1, 0.15) is 33.3 Å². The molecule has 1 amide bonds. The van der Waals surface area contributed by atoms with E-state index in [0.717, 1.165) is 11.3 Å². The topological polar surface area (TPSA) is 84.9 Å². The Morgan fingerprint density at radius 1 is 1.17 bits per heavy atom. The van der Waals surface area contributed by atoms with Gasteiger partial charge in [-0.05, 0) is 37.5 Å². The van der Waals surface area contributed by atoms with Gasteiger partial charge < -0.3 is 19.9 Å². The van der Waals surface area contributed by atoms with Gasteiger partial charge in [0.05, 0.1) is 18.6 Å². The van der Waals surface area contributed by atoms with Crippen molar-refractivity contribution >= 4 is 11.9 Å². The van der Waals surface area contributed by atoms with Gasteiger partial charge in [0.25, 0.3) is 0 Å². The summed E-state index contributed by atoms with van der Waals surface area (Å²) in [5.41, 5.74) is -0.101. The molecule has 0 heterocycles. The summed E-state index contributed by atoms with van der Waals surface area (Å²) in [6.45, 7) is 8.18. The van der Waals surface area contributed by atoms with Crippen LogP contribution in [-0.4, -0.2) is 43.3 Å². The summed E-state index contributed by atoms with van der Waals surface area (Å²) in [6.07, 6.45) is 0. The van der Waals surface area contributed by atoms with Gasteiger partial charge in [-0.2, -0.15) is 0 Å². The largest absolute Gasteiger partial charge is 0.493 e. The van der Waals surface area contributed by atoms with Gasteiger partial charge in [-0.3, -0.25) is 4.79 Å². The van der Waals surface area contributed by atoms with E-state index in [9.17, 15) is 9.59 Å². The predicted octanol–water partition coefficient (Wildman–Crippen LogP) is 2.21. The maximum Gasteiger partial charge on any atom is 0.328 e. The Balaban J connectivity index is 2.82. The first kappa shape index (κ1) is 20.0. The Hall–Kier alpha value is -2.08. The number of carbonyl (C=O) groups excluding carboxylic acids is 1. The van der Waals surface area contributed by atoms with E-state index in [0.29, 0.717) is 12.5 Å². The fourth-order valence-electron chi connectivity index (χ4n) is 2.04. The van der Waals surface area contributed by atoms with E-state index < -0.39 is 17.4 Å². The Morgan fingerprint density at radius 3 is 2.21 bits per heavy atom. The third-order valence-corrected chi connectivity index (χ3v) is 3.66. The molecule has 0 radical (unpaired) electrons. The maximum absolute atomic E-state index is 12.5. The molecule has 134 valence electrons. The van der Waals surface area contributed by atoms with E-state index in [2.05, 4.69) is 19.2 Å². The molecule has 6 nitrogen and oxygen atoms in total. The Morgan fingerprint density at radius 2 is 1.75 bits per heavy atom.